The molecule has 0 aliphatic rings. The molecule has 31 heavy (non-hydrogen) atoms. The first-order valence-corrected chi connectivity index (χ1v) is 9.72. The highest BCUT2D eigenvalue weighted by Crippen LogP contribution is 2.03. The van der Waals surface area contributed by atoms with E-state index in [0.717, 1.165) is 16.5 Å². The minimum Gasteiger partial charge on any atom is -0.478 e. The lowest BCUT2D eigenvalue weighted by Gasteiger charge is -2.27. The average Bonchev–Trinajstić information content (AvgIpc) is 2.66. The van der Waals surface area contributed by atoms with Crippen molar-refractivity contribution >= 4 is 11.9 Å². The van der Waals surface area contributed by atoms with E-state index < -0.39 is 36.4 Å². The maximum Gasteiger partial charge on any atom is 0.331 e. The Bertz CT molecular complexity index is 517. The first-order valence-electron chi connectivity index (χ1n) is 9.72. The molecule has 4 unspecified atom stereocenters. The Morgan fingerprint density at radius 2 is 1.13 bits per heavy atom. The Balaban J connectivity index is 4.71. The molecule has 0 saturated carbocycles. The minimum absolute atomic E-state index is 0.0475. The van der Waals surface area contributed by atoms with Gasteiger partial charge in [-0.1, -0.05) is 10.5 Å². The van der Waals surface area contributed by atoms with Gasteiger partial charge in [0.15, 0.2) is 0 Å². The monoisotopic (exact) mass is 454 g/mol. The summed E-state index contributed by atoms with van der Waals surface area (Å²) in [5, 5.41) is 38.7. The molecule has 182 valence electrons. The molecule has 0 aromatic carbocycles. The molecule has 0 radical (unpaired) electrons. The number of aliphatic hydroxyl groups is 3. The largest absolute Gasteiger partial charge is 0.478 e. The van der Waals surface area contributed by atoms with Crippen LogP contribution in [-0.2, 0) is 33.7 Å². The zero-order valence-electron chi connectivity index (χ0n) is 18.2. The summed E-state index contributed by atoms with van der Waals surface area (Å²) in [7, 11) is 0. The molecule has 0 heterocycles. The third kappa shape index (κ3) is 18.8. The number of esters is 1. The fourth-order valence-corrected chi connectivity index (χ4v) is 1.67. The minimum atomic E-state index is -1.28. The summed E-state index contributed by atoms with van der Waals surface area (Å²) in [6, 6.07) is 0. The number of ether oxygens (including phenoxy) is 1. The SMILES string of the molecule is CC(O)CON(CCN(OCC(C)O)OCC(C)OC(=O)/C=C\C(=O)O)OCC(C)O. The molecule has 4 atom stereocenters. The first-order chi connectivity index (χ1) is 14.5. The van der Waals surface area contributed by atoms with Crippen LogP contribution in [0.4, 0.5) is 0 Å². The van der Waals surface area contributed by atoms with E-state index in [1.165, 1.54) is 27.7 Å². The van der Waals surface area contributed by atoms with Crippen LogP contribution in [0, 0.1) is 0 Å². The second kappa shape index (κ2) is 16.9. The van der Waals surface area contributed by atoms with Crippen LogP contribution in [0.2, 0.25) is 0 Å². The van der Waals surface area contributed by atoms with Crippen molar-refractivity contribution in [2.75, 3.05) is 39.5 Å². The molecule has 0 saturated heterocycles. The number of carboxylic acid groups (broad SMARTS) is 1. The van der Waals surface area contributed by atoms with E-state index in [9.17, 15) is 24.9 Å². The Morgan fingerprint density at radius 3 is 1.48 bits per heavy atom. The molecule has 4 N–H and O–H groups in total. The zero-order chi connectivity index (χ0) is 23.8. The molecule has 13 heteroatoms. The molecule has 0 amide bonds. The van der Waals surface area contributed by atoms with Crippen LogP contribution < -0.4 is 0 Å². The smallest absolute Gasteiger partial charge is 0.331 e. The van der Waals surface area contributed by atoms with Gasteiger partial charge in [-0.25, -0.2) is 9.59 Å². The topological polar surface area (TPSA) is 168 Å². The predicted molar refractivity (Wildman–Crippen MR) is 105 cm³/mol. The summed E-state index contributed by atoms with van der Waals surface area (Å²) in [4.78, 5) is 43.3. The summed E-state index contributed by atoms with van der Waals surface area (Å²) in [6.07, 6.45) is -1.58. The fraction of sp³-hybridized carbons (Fsp3) is 0.778. The fourth-order valence-electron chi connectivity index (χ4n) is 1.67. The lowest BCUT2D eigenvalue weighted by atomic mass is 10.4. The highest BCUT2D eigenvalue weighted by atomic mass is 17.0. The van der Waals surface area contributed by atoms with Gasteiger partial charge in [0.2, 0.25) is 0 Å². The van der Waals surface area contributed by atoms with E-state index >= 15 is 0 Å². The summed E-state index contributed by atoms with van der Waals surface area (Å²) >= 11 is 0. The van der Waals surface area contributed by atoms with Crippen LogP contribution >= 0.6 is 0 Å². The van der Waals surface area contributed by atoms with Crippen molar-refractivity contribution in [3.8, 4) is 0 Å². The third-order valence-electron chi connectivity index (χ3n) is 2.98. The van der Waals surface area contributed by atoms with E-state index in [1.807, 2.05) is 0 Å². The lowest BCUT2D eigenvalue weighted by molar-refractivity contribution is -0.409. The van der Waals surface area contributed by atoms with Crippen molar-refractivity contribution in [1.82, 2.24) is 10.5 Å². The van der Waals surface area contributed by atoms with Crippen molar-refractivity contribution in [1.29, 1.82) is 0 Å². The van der Waals surface area contributed by atoms with Crippen LogP contribution in [-0.4, -0.2) is 107 Å². The van der Waals surface area contributed by atoms with Crippen molar-refractivity contribution in [3.63, 3.8) is 0 Å². The highest BCUT2D eigenvalue weighted by molar-refractivity contribution is 5.90. The molecule has 0 aromatic heterocycles. The molecular weight excluding hydrogens is 420 g/mol. The van der Waals surface area contributed by atoms with Crippen molar-refractivity contribution < 1.29 is 54.1 Å². The van der Waals surface area contributed by atoms with Gasteiger partial charge in [-0.15, -0.1) is 0 Å². The number of carbonyl (C=O) groups excluding carboxylic acids is 1. The zero-order valence-corrected chi connectivity index (χ0v) is 18.2. The molecule has 0 aliphatic carbocycles. The van der Waals surface area contributed by atoms with Crippen molar-refractivity contribution in [3.05, 3.63) is 12.2 Å². The molecule has 0 spiro atoms. The van der Waals surface area contributed by atoms with Gasteiger partial charge in [0.25, 0.3) is 0 Å². The number of aliphatic hydroxyl groups excluding tert-OH is 3. The van der Waals surface area contributed by atoms with Gasteiger partial charge in [-0.05, 0) is 27.7 Å². The van der Waals surface area contributed by atoms with Gasteiger partial charge in [0.05, 0.1) is 51.2 Å². The van der Waals surface area contributed by atoms with Crippen LogP contribution in [0.25, 0.3) is 0 Å². The Labute approximate surface area is 181 Å². The van der Waals surface area contributed by atoms with Crippen LogP contribution in [0.1, 0.15) is 27.7 Å². The van der Waals surface area contributed by atoms with Gasteiger partial charge in [0.1, 0.15) is 12.7 Å². The van der Waals surface area contributed by atoms with Gasteiger partial charge >= 0.3 is 11.9 Å². The van der Waals surface area contributed by atoms with Gasteiger partial charge in [-0.3, -0.25) is 19.4 Å². The Hall–Kier alpha value is -1.68. The number of hydrogen-bond donors (Lipinski definition) is 4. The number of nitrogens with zero attached hydrogens (tertiary/aromatic N) is 2. The number of hydrogen-bond acceptors (Lipinski definition) is 12. The summed E-state index contributed by atoms with van der Waals surface area (Å²) in [6.45, 7) is 5.90. The van der Waals surface area contributed by atoms with Crippen molar-refractivity contribution in [2.24, 2.45) is 0 Å². The Morgan fingerprint density at radius 1 is 0.742 bits per heavy atom. The summed E-state index contributed by atoms with van der Waals surface area (Å²) in [5.41, 5.74) is 0. The van der Waals surface area contributed by atoms with E-state index in [2.05, 4.69) is 0 Å². The van der Waals surface area contributed by atoms with Crippen LogP contribution in [0.3, 0.4) is 0 Å². The van der Waals surface area contributed by atoms with Gasteiger partial charge in [-0.2, -0.15) is 0 Å². The molecule has 0 rings (SSSR count). The second-order valence-corrected chi connectivity index (χ2v) is 6.76. The predicted octanol–water partition coefficient (Wildman–Crippen LogP) is -0.968. The number of carbonyl (C=O) groups is 2. The normalized spacial score (nSPS) is 15.9. The second-order valence-electron chi connectivity index (χ2n) is 6.76. The number of rotatable bonds is 18. The number of aliphatic carboxylic acids is 1. The number of carboxylic acids is 1. The standard InChI is InChI=1S/C18H34N2O11/c1-13(21)9-27-19(28-10-14(2)22)7-8-20(29-11-15(3)23)30-12-16(4)31-18(26)6-5-17(24)25/h5-6,13-16,21-23H,7-12H2,1-4H3,(H,24,25)/b6-5-. The molecule has 0 aromatic rings. The molecule has 0 fully saturated rings. The quantitative estimate of drug-likeness (QED) is 0.114. The van der Waals surface area contributed by atoms with Crippen LogP contribution in [0.5, 0.6) is 0 Å². The number of hydroxylamine groups is 4. The first kappa shape index (κ1) is 29.3. The Kier molecular flexibility index (Phi) is 16.0. The molecule has 13 nitrogen and oxygen atoms in total. The summed E-state index contributed by atoms with van der Waals surface area (Å²) in [5.74, 6) is -2.13. The average molecular weight is 454 g/mol. The van der Waals surface area contributed by atoms with Crippen molar-refractivity contribution in [2.45, 2.75) is 52.1 Å². The van der Waals surface area contributed by atoms with E-state index in [-0.39, 0.29) is 39.5 Å². The molecule has 0 bridgehead atoms. The molecular formula is C18H34N2O11. The lowest BCUT2D eigenvalue weighted by Crippen LogP contribution is -2.39. The third-order valence-corrected chi connectivity index (χ3v) is 2.98. The van der Waals surface area contributed by atoms with Gasteiger partial charge in [0, 0.05) is 12.2 Å². The highest BCUT2D eigenvalue weighted by Gasteiger charge is 2.17. The van der Waals surface area contributed by atoms with E-state index in [4.69, 9.17) is 29.2 Å². The molecule has 0 aliphatic heterocycles. The van der Waals surface area contributed by atoms with E-state index in [0.29, 0.717) is 6.08 Å². The van der Waals surface area contributed by atoms with E-state index in [1.54, 1.807) is 0 Å². The summed E-state index contributed by atoms with van der Waals surface area (Å²) < 4.78 is 4.97. The maximum absolute atomic E-state index is 11.5. The van der Waals surface area contributed by atoms with Crippen LogP contribution in [0.15, 0.2) is 12.2 Å². The maximum atomic E-state index is 11.5. The van der Waals surface area contributed by atoms with Gasteiger partial charge < -0.3 is 25.2 Å².